The second kappa shape index (κ2) is 8.13. The molecule has 1 saturated carbocycles. The van der Waals surface area contributed by atoms with Crippen molar-refractivity contribution < 1.29 is 14.3 Å². The summed E-state index contributed by atoms with van der Waals surface area (Å²) in [7, 11) is 1.60. The summed E-state index contributed by atoms with van der Waals surface area (Å²) in [5.74, 6) is 0.463. The first-order chi connectivity index (χ1) is 14.4. The standard InChI is InChI=1S/C25H30N2O3/c1-25(2)20-11-7-8-12-21(20)27(24(29)17-13-15-19(30-3)16-14-17)22(25)23(28)26-18-9-5-4-6-10-18/h7-8,11-16,18,22H,4-6,9-10H2,1-3H3,(H,26,28). The molecule has 0 spiro atoms. The van der Waals surface area contributed by atoms with Crippen LogP contribution in [0.15, 0.2) is 48.5 Å². The van der Waals surface area contributed by atoms with Crippen LogP contribution in [0, 0.1) is 0 Å². The van der Waals surface area contributed by atoms with Gasteiger partial charge in [-0.05, 0) is 48.7 Å². The number of para-hydroxylation sites is 1. The molecule has 2 aliphatic rings. The molecular weight excluding hydrogens is 376 g/mol. The molecule has 4 rings (SSSR count). The number of benzene rings is 2. The third-order valence-corrected chi connectivity index (χ3v) is 6.56. The van der Waals surface area contributed by atoms with Gasteiger partial charge in [0.25, 0.3) is 5.91 Å². The van der Waals surface area contributed by atoms with Crippen LogP contribution < -0.4 is 15.0 Å². The molecule has 0 saturated heterocycles. The van der Waals surface area contributed by atoms with Crippen molar-refractivity contribution in [3.05, 3.63) is 59.7 Å². The topological polar surface area (TPSA) is 58.6 Å². The number of rotatable bonds is 4. The van der Waals surface area contributed by atoms with Crippen molar-refractivity contribution in [2.24, 2.45) is 0 Å². The molecule has 2 amide bonds. The van der Waals surface area contributed by atoms with Crippen LogP contribution in [-0.4, -0.2) is 31.0 Å². The van der Waals surface area contributed by atoms with Gasteiger partial charge in [0, 0.05) is 22.7 Å². The highest BCUT2D eigenvalue weighted by Crippen LogP contribution is 2.46. The summed E-state index contributed by atoms with van der Waals surface area (Å²) >= 11 is 0. The van der Waals surface area contributed by atoms with Crippen LogP contribution in [0.5, 0.6) is 5.75 Å². The normalized spacial score (nSPS) is 20.5. The van der Waals surface area contributed by atoms with Gasteiger partial charge in [0.2, 0.25) is 5.91 Å². The molecule has 1 unspecified atom stereocenters. The summed E-state index contributed by atoms with van der Waals surface area (Å²) in [5, 5.41) is 3.25. The summed E-state index contributed by atoms with van der Waals surface area (Å²) in [6, 6.07) is 14.5. The number of methoxy groups -OCH3 is 1. The fraction of sp³-hybridized carbons (Fsp3) is 0.440. The second-order valence-corrected chi connectivity index (χ2v) is 8.89. The molecule has 0 radical (unpaired) electrons. The number of hydrogen-bond acceptors (Lipinski definition) is 3. The van der Waals surface area contributed by atoms with E-state index < -0.39 is 11.5 Å². The molecule has 1 aliphatic carbocycles. The largest absolute Gasteiger partial charge is 0.497 e. The summed E-state index contributed by atoms with van der Waals surface area (Å²) in [6.45, 7) is 4.11. The van der Waals surface area contributed by atoms with E-state index in [1.807, 2.05) is 24.3 Å². The maximum absolute atomic E-state index is 13.6. The van der Waals surface area contributed by atoms with Gasteiger partial charge in [0.15, 0.2) is 0 Å². The van der Waals surface area contributed by atoms with Crippen molar-refractivity contribution in [1.82, 2.24) is 5.32 Å². The molecule has 5 nitrogen and oxygen atoms in total. The number of nitrogens with one attached hydrogen (secondary N) is 1. The highest BCUT2D eigenvalue weighted by Gasteiger charge is 2.51. The molecule has 1 N–H and O–H groups in total. The van der Waals surface area contributed by atoms with E-state index in [0.29, 0.717) is 11.3 Å². The number of amides is 2. The van der Waals surface area contributed by atoms with E-state index in [2.05, 4.69) is 19.2 Å². The van der Waals surface area contributed by atoms with Gasteiger partial charge < -0.3 is 10.1 Å². The number of ether oxygens (including phenoxy) is 1. The Morgan fingerprint density at radius 3 is 2.33 bits per heavy atom. The Bertz CT molecular complexity index is 930. The van der Waals surface area contributed by atoms with Crippen molar-refractivity contribution in [2.45, 2.75) is 63.5 Å². The molecule has 1 aliphatic heterocycles. The molecular formula is C25H30N2O3. The van der Waals surface area contributed by atoms with E-state index in [-0.39, 0.29) is 17.9 Å². The van der Waals surface area contributed by atoms with Crippen LogP contribution in [-0.2, 0) is 10.2 Å². The zero-order valence-corrected chi connectivity index (χ0v) is 18.0. The lowest BCUT2D eigenvalue weighted by Gasteiger charge is -2.34. The maximum Gasteiger partial charge on any atom is 0.259 e. The van der Waals surface area contributed by atoms with E-state index >= 15 is 0 Å². The van der Waals surface area contributed by atoms with Crippen molar-refractivity contribution in [3.8, 4) is 5.75 Å². The van der Waals surface area contributed by atoms with Gasteiger partial charge in [-0.3, -0.25) is 14.5 Å². The summed E-state index contributed by atoms with van der Waals surface area (Å²) in [6.07, 6.45) is 5.55. The van der Waals surface area contributed by atoms with Crippen molar-refractivity contribution in [2.75, 3.05) is 12.0 Å². The van der Waals surface area contributed by atoms with Crippen LogP contribution in [0.4, 0.5) is 5.69 Å². The van der Waals surface area contributed by atoms with Crippen molar-refractivity contribution in [1.29, 1.82) is 0 Å². The van der Waals surface area contributed by atoms with Gasteiger partial charge in [0.05, 0.1) is 7.11 Å². The van der Waals surface area contributed by atoms with Crippen LogP contribution in [0.1, 0.15) is 61.9 Å². The molecule has 1 atom stereocenters. The molecule has 30 heavy (non-hydrogen) atoms. The summed E-state index contributed by atoms with van der Waals surface area (Å²) < 4.78 is 5.22. The summed E-state index contributed by atoms with van der Waals surface area (Å²) in [4.78, 5) is 28.8. The Balaban J connectivity index is 1.70. The van der Waals surface area contributed by atoms with Crippen molar-refractivity contribution in [3.63, 3.8) is 0 Å². The van der Waals surface area contributed by atoms with E-state index in [4.69, 9.17) is 4.74 Å². The lowest BCUT2D eigenvalue weighted by molar-refractivity contribution is -0.124. The smallest absolute Gasteiger partial charge is 0.259 e. The predicted octanol–water partition coefficient (Wildman–Crippen LogP) is 4.45. The first-order valence-corrected chi connectivity index (χ1v) is 10.8. The number of nitrogens with zero attached hydrogens (tertiary/aromatic N) is 1. The number of carbonyl (C=O) groups is 2. The quantitative estimate of drug-likeness (QED) is 0.816. The zero-order valence-electron chi connectivity index (χ0n) is 18.0. The predicted molar refractivity (Wildman–Crippen MR) is 118 cm³/mol. The SMILES string of the molecule is COc1ccc(C(=O)N2c3ccccc3C(C)(C)C2C(=O)NC2CCCCC2)cc1. The maximum atomic E-state index is 13.6. The number of anilines is 1. The minimum atomic E-state index is -0.591. The Labute approximate surface area is 178 Å². The minimum Gasteiger partial charge on any atom is -0.497 e. The average molecular weight is 407 g/mol. The molecule has 5 heteroatoms. The molecule has 0 bridgehead atoms. The molecule has 2 aromatic carbocycles. The third-order valence-electron chi connectivity index (χ3n) is 6.56. The molecule has 1 heterocycles. The highest BCUT2D eigenvalue weighted by molar-refractivity contribution is 6.12. The van der Waals surface area contributed by atoms with Gasteiger partial charge in [-0.25, -0.2) is 0 Å². The molecule has 0 aromatic heterocycles. The van der Waals surface area contributed by atoms with Gasteiger partial charge >= 0.3 is 0 Å². The van der Waals surface area contributed by atoms with Gasteiger partial charge in [-0.15, -0.1) is 0 Å². The van der Waals surface area contributed by atoms with Crippen LogP contribution >= 0.6 is 0 Å². The van der Waals surface area contributed by atoms with Crippen LogP contribution in [0.3, 0.4) is 0 Å². The van der Waals surface area contributed by atoms with Crippen LogP contribution in [0.25, 0.3) is 0 Å². The number of hydrogen-bond donors (Lipinski definition) is 1. The summed E-state index contributed by atoms with van der Waals surface area (Å²) in [5.41, 5.74) is 1.89. The Morgan fingerprint density at radius 2 is 1.67 bits per heavy atom. The molecule has 158 valence electrons. The first-order valence-electron chi connectivity index (χ1n) is 10.8. The van der Waals surface area contributed by atoms with Crippen molar-refractivity contribution >= 4 is 17.5 Å². The Morgan fingerprint density at radius 1 is 1.00 bits per heavy atom. The Hall–Kier alpha value is -2.82. The van der Waals surface area contributed by atoms with E-state index in [1.165, 1.54) is 6.42 Å². The zero-order chi connectivity index (χ0) is 21.3. The lowest BCUT2D eigenvalue weighted by atomic mass is 9.79. The van der Waals surface area contributed by atoms with Crippen LogP contribution in [0.2, 0.25) is 0 Å². The molecule has 1 fully saturated rings. The van der Waals surface area contributed by atoms with Gasteiger partial charge in [0.1, 0.15) is 11.8 Å². The first kappa shape index (κ1) is 20.5. The number of carbonyl (C=O) groups excluding carboxylic acids is 2. The minimum absolute atomic E-state index is 0.0649. The fourth-order valence-electron chi connectivity index (χ4n) is 4.91. The van der Waals surface area contributed by atoms with Gasteiger partial charge in [-0.2, -0.15) is 0 Å². The second-order valence-electron chi connectivity index (χ2n) is 8.89. The molecule has 2 aromatic rings. The fourth-order valence-corrected chi connectivity index (χ4v) is 4.91. The Kier molecular flexibility index (Phi) is 5.54. The van der Waals surface area contributed by atoms with E-state index in [9.17, 15) is 9.59 Å². The number of fused-ring (bicyclic) bond motifs is 1. The van der Waals surface area contributed by atoms with E-state index in [1.54, 1.807) is 36.3 Å². The lowest BCUT2D eigenvalue weighted by Crippen LogP contribution is -2.56. The van der Waals surface area contributed by atoms with E-state index in [0.717, 1.165) is 36.9 Å². The van der Waals surface area contributed by atoms with Gasteiger partial charge in [-0.1, -0.05) is 51.3 Å². The highest BCUT2D eigenvalue weighted by atomic mass is 16.5. The third kappa shape index (κ3) is 3.57. The monoisotopic (exact) mass is 406 g/mol. The average Bonchev–Trinajstić information content (AvgIpc) is 3.01.